The molecule has 2 N–H and O–H groups in total. The summed E-state index contributed by atoms with van der Waals surface area (Å²) in [5.41, 5.74) is 3.44. The number of carbonyl (C=O) groups is 3. The Balaban J connectivity index is 1.56. The van der Waals surface area contributed by atoms with Crippen molar-refractivity contribution in [3.63, 3.8) is 0 Å². The lowest BCUT2D eigenvalue weighted by Gasteiger charge is -2.29. The number of para-hydroxylation sites is 1. The van der Waals surface area contributed by atoms with Gasteiger partial charge in [-0.1, -0.05) is 29.8 Å². The number of halogens is 1. The molecule has 0 aliphatic carbocycles. The molecule has 0 bridgehead atoms. The Morgan fingerprint density at radius 1 is 1.18 bits per heavy atom. The zero-order chi connectivity index (χ0) is 27.4. The summed E-state index contributed by atoms with van der Waals surface area (Å²) >= 11 is 6.59. The highest BCUT2D eigenvalue weighted by Gasteiger charge is 2.32. The molecule has 1 aliphatic heterocycles. The second-order valence-electron chi connectivity index (χ2n) is 9.28. The van der Waals surface area contributed by atoms with Crippen LogP contribution in [-0.2, 0) is 11.3 Å². The molecule has 2 aromatic carbocycles. The summed E-state index contributed by atoms with van der Waals surface area (Å²) in [6.45, 7) is 4.08. The summed E-state index contributed by atoms with van der Waals surface area (Å²) in [6.07, 6.45) is 1.83. The normalized spacial score (nSPS) is 15.0. The van der Waals surface area contributed by atoms with Crippen molar-refractivity contribution in [2.75, 3.05) is 38.2 Å². The number of benzene rings is 2. The monoisotopic (exact) mass is 538 g/mol. The summed E-state index contributed by atoms with van der Waals surface area (Å²) in [4.78, 5) is 43.7. The minimum absolute atomic E-state index is 0.157. The zero-order valence-corrected chi connectivity index (χ0v) is 22.4. The lowest BCUT2D eigenvalue weighted by molar-refractivity contribution is -0.129. The number of fused-ring (bicyclic) bond motifs is 1. The fourth-order valence-corrected chi connectivity index (χ4v) is 4.61. The number of urea groups is 1. The summed E-state index contributed by atoms with van der Waals surface area (Å²) in [7, 11) is 1.56. The number of hydrogen-bond donors (Lipinski definition) is 2. The first-order valence-electron chi connectivity index (χ1n) is 12.3. The number of anilines is 1. The Kier molecular flexibility index (Phi) is 8.33. The van der Waals surface area contributed by atoms with Crippen molar-refractivity contribution in [1.29, 1.82) is 0 Å². The van der Waals surface area contributed by atoms with Crippen LogP contribution in [0.2, 0.25) is 5.02 Å². The molecule has 0 fully saturated rings. The van der Waals surface area contributed by atoms with Gasteiger partial charge in [0.15, 0.2) is 0 Å². The number of aromatic nitrogens is 2. The van der Waals surface area contributed by atoms with Gasteiger partial charge in [0.2, 0.25) is 5.91 Å². The molecule has 0 unspecified atom stereocenters. The van der Waals surface area contributed by atoms with Crippen molar-refractivity contribution >= 4 is 35.1 Å². The molecule has 38 heavy (non-hydrogen) atoms. The van der Waals surface area contributed by atoms with Gasteiger partial charge in [-0.2, -0.15) is 5.10 Å². The molecule has 1 aliphatic rings. The van der Waals surface area contributed by atoms with E-state index in [2.05, 4.69) is 10.4 Å². The van der Waals surface area contributed by atoms with E-state index in [0.29, 0.717) is 16.3 Å². The summed E-state index contributed by atoms with van der Waals surface area (Å²) in [5.74, 6) is -0.587. The van der Waals surface area contributed by atoms with E-state index in [0.717, 1.165) is 16.9 Å². The topological polar surface area (TPSA) is 111 Å². The minimum atomic E-state index is -0.413. The second-order valence-corrected chi connectivity index (χ2v) is 9.69. The van der Waals surface area contributed by atoms with Gasteiger partial charge in [0.05, 0.1) is 35.1 Å². The van der Waals surface area contributed by atoms with Crippen molar-refractivity contribution in [2.24, 2.45) is 0 Å². The van der Waals surface area contributed by atoms with Crippen LogP contribution in [0.4, 0.5) is 10.5 Å². The maximum absolute atomic E-state index is 13.8. The number of aliphatic hydroxyl groups excluding tert-OH is 1. The lowest BCUT2D eigenvalue weighted by Crippen LogP contribution is -2.50. The number of likely N-dealkylation sites (N-methyl/N-ethyl adjacent to an activating group) is 1. The molecule has 0 radical (unpaired) electrons. The number of carbonyl (C=O) groups excluding carboxylic acids is 3. The summed E-state index contributed by atoms with van der Waals surface area (Å²) in [5, 5.41) is 16.4. The van der Waals surface area contributed by atoms with E-state index in [1.807, 2.05) is 50.4 Å². The highest BCUT2D eigenvalue weighted by Crippen LogP contribution is 2.30. The molecule has 0 spiro atoms. The first-order valence-corrected chi connectivity index (χ1v) is 12.7. The van der Waals surface area contributed by atoms with Crippen LogP contribution < -0.4 is 10.2 Å². The molecular formula is C27H31ClN6O4. The fraction of sp³-hybridized carbons (Fsp3) is 0.333. The molecular weight excluding hydrogens is 508 g/mol. The molecule has 1 atom stereocenters. The van der Waals surface area contributed by atoms with Crippen LogP contribution in [0.5, 0.6) is 0 Å². The third-order valence-electron chi connectivity index (χ3n) is 6.53. The summed E-state index contributed by atoms with van der Waals surface area (Å²) in [6, 6.07) is 13.7. The first-order chi connectivity index (χ1) is 18.2. The van der Waals surface area contributed by atoms with Crippen molar-refractivity contribution in [2.45, 2.75) is 26.4 Å². The SMILES string of the molecule is Cc1ccn(-c2ccc(C(=O)N3C[C@@H](C)N(C(=O)NCC(=O)N(C)CCO)Cc4ccccc43)c(Cl)c2)n1. The highest BCUT2D eigenvalue weighted by atomic mass is 35.5. The van der Waals surface area contributed by atoms with Gasteiger partial charge in [-0.3, -0.25) is 9.59 Å². The van der Waals surface area contributed by atoms with E-state index in [4.69, 9.17) is 16.7 Å². The van der Waals surface area contributed by atoms with Crippen LogP contribution in [0.25, 0.3) is 5.69 Å². The molecule has 200 valence electrons. The molecule has 10 nitrogen and oxygen atoms in total. The van der Waals surface area contributed by atoms with E-state index in [1.54, 1.807) is 39.7 Å². The van der Waals surface area contributed by atoms with Crippen molar-refractivity contribution in [3.05, 3.63) is 76.6 Å². The average Bonchev–Trinajstić information content (AvgIpc) is 3.28. The van der Waals surface area contributed by atoms with Crippen LogP contribution in [0, 0.1) is 6.92 Å². The third kappa shape index (κ3) is 5.81. The molecule has 1 aromatic heterocycles. The third-order valence-corrected chi connectivity index (χ3v) is 6.84. The quantitative estimate of drug-likeness (QED) is 0.501. The smallest absolute Gasteiger partial charge is 0.318 e. The molecule has 3 aromatic rings. The van der Waals surface area contributed by atoms with Crippen LogP contribution in [0.15, 0.2) is 54.7 Å². The first kappa shape index (κ1) is 27.2. The number of hydrogen-bond acceptors (Lipinski definition) is 5. The number of aliphatic hydroxyl groups is 1. The number of amides is 4. The Morgan fingerprint density at radius 2 is 1.95 bits per heavy atom. The Morgan fingerprint density at radius 3 is 2.63 bits per heavy atom. The molecule has 0 saturated heterocycles. The van der Waals surface area contributed by atoms with Gasteiger partial charge in [0.1, 0.15) is 0 Å². The van der Waals surface area contributed by atoms with E-state index >= 15 is 0 Å². The Bertz CT molecular complexity index is 1340. The predicted molar refractivity (Wildman–Crippen MR) is 145 cm³/mol. The number of rotatable bonds is 6. The Hall–Kier alpha value is -3.89. The standard InChI is InChI=1S/C27H31ClN6O4/c1-18-10-11-34(30-18)21-8-9-22(23(28)14-21)26(37)33-16-19(2)32(17-20-6-4-5-7-24(20)33)27(38)29-15-25(36)31(3)12-13-35/h4-11,14,19,35H,12-13,15-17H2,1-3H3,(H,29,38)/t19-/m1/s1. The van der Waals surface area contributed by atoms with Gasteiger partial charge in [-0.25, -0.2) is 9.48 Å². The lowest BCUT2D eigenvalue weighted by atomic mass is 10.1. The van der Waals surface area contributed by atoms with Crippen LogP contribution in [0.3, 0.4) is 0 Å². The van der Waals surface area contributed by atoms with Crippen molar-refractivity contribution in [3.8, 4) is 5.69 Å². The number of nitrogens with one attached hydrogen (secondary N) is 1. The van der Waals surface area contributed by atoms with Gasteiger partial charge in [-0.05, 0) is 49.7 Å². The molecule has 4 amide bonds. The van der Waals surface area contributed by atoms with Gasteiger partial charge >= 0.3 is 6.03 Å². The largest absolute Gasteiger partial charge is 0.395 e. The number of aryl methyl sites for hydroxylation is 1. The zero-order valence-electron chi connectivity index (χ0n) is 21.6. The maximum Gasteiger partial charge on any atom is 0.318 e. The van der Waals surface area contributed by atoms with Gasteiger partial charge in [-0.15, -0.1) is 0 Å². The fourth-order valence-electron chi connectivity index (χ4n) is 4.36. The van der Waals surface area contributed by atoms with Crippen LogP contribution >= 0.6 is 11.6 Å². The van der Waals surface area contributed by atoms with E-state index in [9.17, 15) is 14.4 Å². The van der Waals surface area contributed by atoms with E-state index in [1.165, 1.54) is 4.90 Å². The Labute approximate surface area is 226 Å². The van der Waals surface area contributed by atoms with Gasteiger partial charge in [0, 0.05) is 44.6 Å². The maximum atomic E-state index is 13.8. The van der Waals surface area contributed by atoms with Gasteiger partial charge in [0.25, 0.3) is 5.91 Å². The molecule has 0 saturated carbocycles. The van der Waals surface area contributed by atoms with Crippen molar-refractivity contribution in [1.82, 2.24) is 24.9 Å². The van der Waals surface area contributed by atoms with E-state index in [-0.39, 0.29) is 50.6 Å². The molecule has 11 heteroatoms. The predicted octanol–water partition coefficient (Wildman–Crippen LogP) is 2.85. The van der Waals surface area contributed by atoms with E-state index < -0.39 is 6.03 Å². The second kappa shape index (κ2) is 11.7. The average molecular weight is 539 g/mol. The number of nitrogens with zero attached hydrogens (tertiary/aromatic N) is 5. The molecule has 4 rings (SSSR count). The van der Waals surface area contributed by atoms with Gasteiger partial charge < -0.3 is 25.1 Å². The van der Waals surface area contributed by atoms with Crippen molar-refractivity contribution < 1.29 is 19.5 Å². The summed E-state index contributed by atoms with van der Waals surface area (Å²) < 4.78 is 1.70. The minimum Gasteiger partial charge on any atom is -0.395 e. The highest BCUT2D eigenvalue weighted by molar-refractivity contribution is 6.34. The molecule has 2 heterocycles. The van der Waals surface area contributed by atoms with Crippen LogP contribution in [-0.4, -0.2) is 81.9 Å². The van der Waals surface area contributed by atoms with Crippen LogP contribution in [0.1, 0.15) is 28.5 Å².